The van der Waals surface area contributed by atoms with E-state index in [1.165, 1.54) is 18.4 Å². The second-order valence-corrected chi connectivity index (χ2v) is 6.43. The van der Waals surface area contributed by atoms with Gasteiger partial charge in [0.2, 0.25) is 0 Å². The summed E-state index contributed by atoms with van der Waals surface area (Å²) in [5.41, 5.74) is 2.21. The molecule has 2 N–H and O–H groups in total. The molecule has 0 aliphatic heterocycles. The predicted molar refractivity (Wildman–Crippen MR) is 83.0 cm³/mol. The summed E-state index contributed by atoms with van der Waals surface area (Å²) in [6.45, 7) is 5.99. The van der Waals surface area contributed by atoms with Crippen LogP contribution < -0.4 is 5.32 Å². The highest BCUT2D eigenvalue weighted by molar-refractivity contribution is 5.14. The van der Waals surface area contributed by atoms with Gasteiger partial charge in [-0.3, -0.25) is 4.68 Å². The maximum absolute atomic E-state index is 9.99. The molecule has 1 heterocycles. The maximum Gasteiger partial charge on any atom is 0.0897 e. The Morgan fingerprint density at radius 2 is 2.33 bits per heavy atom. The number of aliphatic hydroxyl groups is 1. The van der Waals surface area contributed by atoms with Gasteiger partial charge in [0.1, 0.15) is 0 Å². The lowest BCUT2D eigenvalue weighted by atomic mass is 9.89. The Kier molecular flexibility index (Phi) is 6.21. The van der Waals surface area contributed by atoms with E-state index in [4.69, 9.17) is 4.74 Å². The first-order chi connectivity index (χ1) is 10.0. The molecule has 1 fully saturated rings. The normalized spacial score (nSPS) is 24.2. The number of hydrogen-bond donors (Lipinski definition) is 2. The zero-order valence-electron chi connectivity index (χ0n) is 13.5. The lowest BCUT2D eigenvalue weighted by Gasteiger charge is -2.27. The van der Waals surface area contributed by atoms with Crippen molar-refractivity contribution in [3.05, 3.63) is 17.5 Å². The Hall–Kier alpha value is -0.910. The molecule has 0 bridgehead atoms. The third kappa shape index (κ3) is 5.41. The molecule has 120 valence electrons. The standard InChI is InChI=1S/C16H29N3O2/c1-12-5-4-6-16(7-12)21-11-15(20)9-17-8-14-10-19(3)18-13(14)2/h10,12,15-17,20H,4-9,11H2,1-3H3. The zero-order chi connectivity index (χ0) is 15.2. The van der Waals surface area contributed by atoms with Crippen LogP contribution in [0.3, 0.4) is 0 Å². The van der Waals surface area contributed by atoms with Crippen LogP contribution >= 0.6 is 0 Å². The molecular weight excluding hydrogens is 266 g/mol. The van der Waals surface area contributed by atoms with Gasteiger partial charge in [0.15, 0.2) is 0 Å². The highest BCUT2D eigenvalue weighted by Crippen LogP contribution is 2.25. The van der Waals surface area contributed by atoms with Gasteiger partial charge in [-0.2, -0.15) is 5.10 Å². The van der Waals surface area contributed by atoms with E-state index in [1.54, 1.807) is 0 Å². The maximum atomic E-state index is 9.99. The summed E-state index contributed by atoms with van der Waals surface area (Å²) < 4.78 is 7.65. The second-order valence-electron chi connectivity index (χ2n) is 6.43. The zero-order valence-corrected chi connectivity index (χ0v) is 13.5. The summed E-state index contributed by atoms with van der Waals surface area (Å²) in [6.07, 6.45) is 6.74. The molecule has 0 amide bonds. The van der Waals surface area contributed by atoms with Gasteiger partial charge in [-0.05, 0) is 25.7 Å². The highest BCUT2D eigenvalue weighted by Gasteiger charge is 2.20. The third-order valence-corrected chi connectivity index (χ3v) is 4.22. The number of aryl methyl sites for hydroxylation is 2. The minimum Gasteiger partial charge on any atom is -0.389 e. The number of nitrogens with one attached hydrogen (secondary N) is 1. The molecule has 21 heavy (non-hydrogen) atoms. The van der Waals surface area contributed by atoms with Gasteiger partial charge < -0.3 is 15.2 Å². The molecule has 1 aliphatic carbocycles. The molecule has 0 saturated heterocycles. The van der Waals surface area contributed by atoms with Crippen molar-refractivity contribution in [1.82, 2.24) is 15.1 Å². The molecule has 2 rings (SSSR count). The van der Waals surface area contributed by atoms with E-state index >= 15 is 0 Å². The predicted octanol–water partition coefficient (Wildman–Crippen LogP) is 1.77. The van der Waals surface area contributed by atoms with Gasteiger partial charge in [0.05, 0.1) is 24.5 Å². The molecule has 5 heteroatoms. The molecular formula is C16H29N3O2. The van der Waals surface area contributed by atoms with Crippen molar-refractivity contribution in [3.8, 4) is 0 Å². The van der Waals surface area contributed by atoms with E-state index < -0.39 is 6.10 Å². The van der Waals surface area contributed by atoms with Crippen LogP contribution in [0.4, 0.5) is 0 Å². The van der Waals surface area contributed by atoms with Gasteiger partial charge in [-0.25, -0.2) is 0 Å². The van der Waals surface area contributed by atoms with Gasteiger partial charge in [0.25, 0.3) is 0 Å². The Balaban J connectivity index is 1.61. The van der Waals surface area contributed by atoms with Crippen molar-refractivity contribution < 1.29 is 9.84 Å². The number of aliphatic hydroxyl groups excluding tert-OH is 1. The SMILES string of the molecule is Cc1nn(C)cc1CNCC(O)COC1CCCC(C)C1. The lowest BCUT2D eigenvalue weighted by Crippen LogP contribution is -2.33. The number of hydrogen-bond acceptors (Lipinski definition) is 4. The fraction of sp³-hybridized carbons (Fsp3) is 0.812. The average Bonchev–Trinajstić information content (AvgIpc) is 2.75. The largest absolute Gasteiger partial charge is 0.389 e. The highest BCUT2D eigenvalue weighted by atomic mass is 16.5. The van der Waals surface area contributed by atoms with Gasteiger partial charge in [0, 0.05) is 31.9 Å². The van der Waals surface area contributed by atoms with Crippen LogP contribution in [-0.4, -0.2) is 40.2 Å². The average molecular weight is 295 g/mol. The second kappa shape index (κ2) is 7.92. The molecule has 1 aromatic rings. The van der Waals surface area contributed by atoms with Gasteiger partial charge >= 0.3 is 0 Å². The monoisotopic (exact) mass is 295 g/mol. The van der Waals surface area contributed by atoms with E-state index in [1.807, 2.05) is 24.9 Å². The number of aromatic nitrogens is 2. The topological polar surface area (TPSA) is 59.3 Å². The molecule has 5 nitrogen and oxygen atoms in total. The van der Waals surface area contributed by atoms with E-state index in [-0.39, 0.29) is 0 Å². The molecule has 0 radical (unpaired) electrons. The first-order valence-electron chi connectivity index (χ1n) is 8.04. The molecule has 0 aromatic carbocycles. The number of ether oxygens (including phenoxy) is 1. The Bertz CT molecular complexity index is 433. The Labute approximate surface area is 127 Å². The van der Waals surface area contributed by atoms with Crippen LogP contribution in [0.5, 0.6) is 0 Å². The van der Waals surface area contributed by atoms with Crippen LogP contribution in [0.2, 0.25) is 0 Å². The first kappa shape index (κ1) is 16.5. The van der Waals surface area contributed by atoms with Crippen molar-refractivity contribution in [2.75, 3.05) is 13.2 Å². The molecule has 1 saturated carbocycles. The number of nitrogens with zero attached hydrogens (tertiary/aromatic N) is 2. The van der Waals surface area contributed by atoms with E-state index in [2.05, 4.69) is 17.3 Å². The Morgan fingerprint density at radius 3 is 3.00 bits per heavy atom. The van der Waals surface area contributed by atoms with Crippen molar-refractivity contribution in [1.29, 1.82) is 0 Å². The summed E-state index contributed by atoms with van der Waals surface area (Å²) in [4.78, 5) is 0. The molecule has 0 spiro atoms. The summed E-state index contributed by atoms with van der Waals surface area (Å²) in [5.74, 6) is 0.757. The van der Waals surface area contributed by atoms with E-state index in [0.717, 1.165) is 31.0 Å². The van der Waals surface area contributed by atoms with Crippen molar-refractivity contribution in [2.24, 2.45) is 13.0 Å². The first-order valence-corrected chi connectivity index (χ1v) is 8.04. The summed E-state index contributed by atoms with van der Waals surface area (Å²) >= 11 is 0. The Morgan fingerprint density at radius 1 is 1.52 bits per heavy atom. The quantitative estimate of drug-likeness (QED) is 0.805. The summed E-state index contributed by atoms with van der Waals surface area (Å²) in [5, 5.41) is 17.6. The fourth-order valence-corrected chi connectivity index (χ4v) is 3.03. The molecule has 3 unspecified atom stereocenters. The summed E-state index contributed by atoms with van der Waals surface area (Å²) in [6, 6.07) is 0. The van der Waals surface area contributed by atoms with Crippen LogP contribution in [0.1, 0.15) is 43.9 Å². The van der Waals surface area contributed by atoms with Crippen molar-refractivity contribution in [3.63, 3.8) is 0 Å². The fourth-order valence-electron chi connectivity index (χ4n) is 3.03. The van der Waals surface area contributed by atoms with E-state index in [0.29, 0.717) is 19.3 Å². The smallest absolute Gasteiger partial charge is 0.0897 e. The van der Waals surface area contributed by atoms with Crippen molar-refractivity contribution in [2.45, 2.75) is 58.3 Å². The van der Waals surface area contributed by atoms with Gasteiger partial charge in [-0.15, -0.1) is 0 Å². The van der Waals surface area contributed by atoms with Gasteiger partial charge in [-0.1, -0.05) is 19.8 Å². The van der Waals surface area contributed by atoms with Crippen LogP contribution in [0, 0.1) is 12.8 Å². The minimum absolute atomic E-state index is 0.337. The molecule has 1 aromatic heterocycles. The summed E-state index contributed by atoms with van der Waals surface area (Å²) in [7, 11) is 1.92. The van der Waals surface area contributed by atoms with E-state index in [9.17, 15) is 5.11 Å². The van der Waals surface area contributed by atoms with Crippen LogP contribution in [0.25, 0.3) is 0 Å². The third-order valence-electron chi connectivity index (χ3n) is 4.22. The van der Waals surface area contributed by atoms with Crippen molar-refractivity contribution >= 4 is 0 Å². The number of rotatable bonds is 7. The molecule has 1 aliphatic rings. The van der Waals surface area contributed by atoms with Crippen LogP contribution in [0.15, 0.2) is 6.20 Å². The minimum atomic E-state index is -0.445. The van der Waals surface area contributed by atoms with Crippen LogP contribution in [-0.2, 0) is 18.3 Å². The molecule has 3 atom stereocenters. The lowest BCUT2D eigenvalue weighted by molar-refractivity contribution is -0.0306.